The third-order valence-corrected chi connectivity index (χ3v) is 9.61. The number of esters is 1. The van der Waals surface area contributed by atoms with Gasteiger partial charge in [0, 0.05) is 18.7 Å². The van der Waals surface area contributed by atoms with Crippen LogP contribution in [0.1, 0.15) is 66.9 Å². The lowest BCUT2D eigenvalue weighted by Crippen LogP contribution is -2.52. The normalized spacial score (nSPS) is 12.8. The molecule has 284 valence electrons. The lowest BCUT2D eigenvalue weighted by molar-refractivity contribution is -0.143. The molecular formula is C37H50ClN5O8S. The number of para-hydroxylation sites is 1. The first kappa shape index (κ1) is 43.8. The van der Waals surface area contributed by atoms with Crippen molar-refractivity contribution in [1.82, 2.24) is 10.0 Å². The highest BCUT2D eigenvalue weighted by molar-refractivity contribution is 7.89. The van der Waals surface area contributed by atoms with Gasteiger partial charge in [0.15, 0.2) is 5.78 Å². The molecule has 0 aliphatic heterocycles. The number of carbonyl (C=O) groups is 4. The van der Waals surface area contributed by atoms with Gasteiger partial charge in [0.1, 0.15) is 12.6 Å². The topological polar surface area (TPSA) is 200 Å². The smallest absolute Gasteiger partial charge is 0.407 e. The maximum atomic E-state index is 13.7. The average molecular weight is 760 g/mol. The van der Waals surface area contributed by atoms with E-state index >= 15 is 0 Å². The van der Waals surface area contributed by atoms with E-state index in [1.807, 2.05) is 37.3 Å². The van der Waals surface area contributed by atoms with Gasteiger partial charge in [-0.15, -0.1) is 12.4 Å². The second kappa shape index (κ2) is 21.9. The molecule has 52 heavy (non-hydrogen) atoms. The standard InChI is InChI=1S/C37H49N5O8S.ClH/c1-26-19-21-29(22-20-26)51(47,48)41-24-12-9-16-31(39)34(43)30-15-7-8-17-32(30)42(35(44)27(2)38)33(36(45)49-3)18-10-11-23-40-37(46)50-25-28-13-5-4-6-14-28;/h4-8,13-15,17,19-22,27,31,33,41H,9-12,16,18,23-25,38-39H2,1-3H3,(H,40,46);1H/t27-,31+,33-;/m0./s1. The molecule has 3 atom stereocenters. The number of methoxy groups -OCH3 is 1. The first-order valence-electron chi connectivity index (χ1n) is 16.9. The summed E-state index contributed by atoms with van der Waals surface area (Å²) in [5.41, 5.74) is 14.5. The zero-order chi connectivity index (χ0) is 37.4. The van der Waals surface area contributed by atoms with E-state index in [1.54, 1.807) is 30.3 Å². The fraction of sp³-hybridized carbons (Fsp3) is 0.405. The number of anilines is 1. The van der Waals surface area contributed by atoms with Crippen LogP contribution in [0.15, 0.2) is 83.8 Å². The molecule has 0 fully saturated rings. The Kier molecular flexibility index (Phi) is 18.4. The molecule has 0 aliphatic carbocycles. The number of nitrogens with two attached hydrogens (primary N) is 2. The summed E-state index contributed by atoms with van der Waals surface area (Å²) >= 11 is 0. The highest BCUT2D eigenvalue weighted by Gasteiger charge is 2.35. The summed E-state index contributed by atoms with van der Waals surface area (Å²) in [6.45, 7) is 3.91. The molecule has 0 bridgehead atoms. The van der Waals surface area contributed by atoms with Gasteiger partial charge in [-0.2, -0.15) is 0 Å². The molecule has 6 N–H and O–H groups in total. The highest BCUT2D eigenvalue weighted by atomic mass is 35.5. The number of sulfonamides is 1. The van der Waals surface area contributed by atoms with E-state index in [4.69, 9.17) is 20.9 Å². The molecule has 0 saturated heterocycles. The van der Waals surface area contributed by atoms with Crippen molar-refractivity contribution in [2.45, 2.75) is 82.0 Å². The number of benzene rings is 3. The van der Waals surface area contributed by atoms with Crippen molar-refractivity contribution in [1.29, 1.82) is 0 Å². The Bertz CT molecular complexity index is 1710. The van der Waals surface area contributed by atoms with Crippen LogP contribution >= 0.6 is 12.4 Å². The van der Waals surface area contributed by atoms with Crippen molar-refractivity contribution in [3.8, 4) is 0 Å². The van der Waals surface area contributed by atoms with Gasteiger partial charge < -0.3 is 26.3 Å². The van der Waals surface area contributed by atoms with Crippen molar-refractivity contribution in [2.75, 3.05) is 25.1 Å². The highest BCUT2D eigenvalue weighted by Crippen LogP contribution is 2.28. The third kappa shape index (κ3) is 13.3. The lowest BCUT2D eigenvalue weighted by Gasteiger charge is -2.33. The number of ketones is 1. The predicted molar refractivity (Wildman–Crippen MR) is 202 cm³/mol. The molecule has 0 aliphatic rings. The van der Waals surface area contributed by atoms with E-state index in [1.165, 1.54) is 37.1 Å². The number of aryl methyl sites for hydroxylation is 1. The Morgan fingerprint density at radius 1 is 0.827 bits per heavy atom. The van der Waals surface area contributed by atoms with Gasteiger partial charge in [-0.1, -0.05) is 66.6 Å². The minimum absolute atomic E-state index is 0. The van der Waals surface area contributed by atoms with Crippen LogP contribution in [0.2, 0.25) is 0 Å². The van der Waals surface area contributed by atoms with E-state index in [0.717, 1.165) is 11.1 Å². The number of unbranched alkanes of at least 4 members (excludes halogenated alkanes) is 2. The number of nitrogens with one attached hydrogen (secondary N) is 2. The molecule has 0 spiro atoms. The molecule has 2 amide bonds. The summed E-state index contributed by atoms with van der Waals surface area (Å²) in [6, 6.07) is 19.0. The fourth-order valence-electron chi connectivity index (χ4n) is 5.29. The molecule has 0 aromatic heterocycles. The monoisotopic (exact) mass is 759 g/mol. The number of ether oxygens (including phenoxy) is 2. The van der Waals surface area contributed by atoms with Gasteiger partial charge in [0.05, 0.1) is 29.8 Å². The van der Waals surface area contributed by atoms with Crippen LogP contribution in [0.3, 0.4) is 0 Å². The zero-order valence-corrected chi connectivity index (χ0v) is 31.4. The molecule has 3 aromatic rings. The van der Waals surface area contributed by atoms with Gasteiger partial charge in [-0.25, -0.2) is 22.7 Å². The maximum absolute atomic E-state index is 13.7. The molecule has 15 heteroatoms. The number of carbonyl (C=O) groups excluding carboxylic acids is 4. The maximum Gasteiger partial charge on any atom is 0.407 e. The SMILES string of the molecule is COC(=O)[C@H](CCCCNC(=O)OCc1ccccc1)N(C(=O)[C@H](C)N)c1ccccc1C(=O)[C@H](N)CCCCNS(=O)(=O)c1ccc(C)cc1.Cl. The molecular weight excluding hydrogens is 710 g/mol. The summed E-state index contributed by atoms with van der Waals surface area (Å²) in [5.74, 6) is -1.74. The van der Waals surface area contributed by atoms with Gasteiger partial charge in [0.2, 0.25) is 15.9 Å². The number of hydrogen-bond donors (Lipinski definition) is 4. The van der Waals surface area contributed by atoms with Gasteiger partial charge in [0.25, 0.3) is 0 Å². The van der Waals surface area contributed by atoms with Gasteiger partial charge in [-0.3, -0.25) is 14.5 Å². The molecule has 0 radical (unpaired) electrons. The number of amides is 2. The largest absolute Gasteiger partial charge is 0.467 e. The number of halogens is 1. The van der Waals surface area contributed by atoms with Crippen molar-refractivity contribution in [3.63, 3.8) is 0 Å². The fourth-order valence-corrected chi connectivity index (χ4v) is 6.37. The molecule has 3 rings (SSSR count). The molecule has 0 unspecified atom stereocenters. The average Bonchev–Trinajstić information content (AvgIpc) is 3.12. The van der Waals surface area contributed by atoms with E-state index in [-0.39, 0.29) is 61.1 Å². The van der Waals surface area contributed by atoms with Gasteiger partial charge >= 0.3 is 12.1 Å². The minimum atomic E-state index is -3.67. The molecule has 0 saturated carbocycles. The summed E-state index contributed by atoms with van der Waals surface area (Å²) in [4.78, 5) is 53.9. The van der Waals surface area contributed by atoms with Crippen molar-refractivity contribution < 1.29 is 37.1 Å². The van der Waals surface area contributed by atoms with E-state index < -0.39 is 51.9 Å². The van der Waals surface area contributed by atoms with E-state index in [0.29, 0.717) is 25.7 Å². The number of hydrogen-bond acceptors (Lipinski definition) is 10. The van der Waals surface area contributed by atoms with Crippen LogP contribution in [-0.4, -0.2) is 70.5 Å². The van der Waals surface area contributed by atoms with Gasteiger partial charge in [-0.05, 0) is 75.8 Å². The zero-order valence-electron chi connectivity index (χ0n) is 29.8. The number of nitrogens with zero attached hydrogens (tertiary/aromatic N) is 1. The van der Waals surface area contributed by atoms with E-state index in [2.05, 4.69) is 10.0 Å². The van der Waals surface area contributed by atoms with E-state index in [9.17, 15) is 27.6 Å². The molecule has 13 nitrogen and oxygen atoms in total. The summed E-state index contributed by atoms with van der Waals surface area (Å²) in [6.07, 6.45) is 1.58. The Hall–Kier alpha value is -4.34. The Morgan fingerprint density at radius 2 is 1.44 bits per heavy atom. The number of Topliss-reactive ketones (excluding diaryl/α,β-unsaturated/α-hetero) is 1. The Balaban J connectivity index is 0.00000936. The number of rotatable bonds is 20. The van der Waals surface area contributed by atoms with Crippen LogP contribution in [0, 0.1) is 6.92 Å². The van der Waals surface area contributed by atoms with Crippen molar-refractivity contribution >= 4 is 51.9 Å². The first-order chi connectivity index (χ1) is 24.4. The second-order valence-corrected chi connectivity index (χ2v) is 14.0. The van der Waals surface area contributed by atoms with Crippen LogP contribution in [-0.2, 0) is 35.7 Å². The lowest BCUT2D eigenvalue weighted by atomic mass is 9.96. The first-order valence-corrected chi connectivity index (χ1v) is 18.4. The Morgan fingerprint density at radius 3 is 2.10 bits per heavy atom. The molecule has 3 aromatic carbocycles. The third-order valence-electron chi connectivity index (χ3n) is 8.13. The summed E-state index contributed by atoms with van der Waals surface area (Å²) in [7, 11) is -2.46. The second-order valence-electron chi connectivity index (χ2n) is 12.2. The van der Waals surface area contributed by atoms with Crippen LogP contribution in [0.5, 0.6) is 0 Å². The quantitative estimate of drug-likeness (QED) is 0.0728. The summed E-state index contributed by atoms with van der Waals surface area (Å²) in [5, 5.41) is 2.68. The van der Waals surface area contributed by atoms with Crippen LogP contribution in [0.25, 0.3) is 0 Å². The number of alkyl carbamates (subject to hydrolysis) is 1. The van der Waals surface area contributed by atoms with Crippen molar-refractivity contribution in [2.24, 2.45) is 11.5 Å². The Labute approximate surface area is 312 Å². The summed E-state index contributed by atoms with van der Waals surface area (Å²) < 4.78 is 38.0. The van der Waals surface area contributed by atoms with Crippen LogP contribution in [0.4, 0.5) is 10.5 Å². The minimum Gasteiger partial charge on any atom is -0.467 e. The predicted octanol–water partition coefficient (Wildman–Crippen LogP) is 4.39. The molecule has 0 heterocycles. The van der Waals surface area contributed by atoms with Crippen LogP contribution < -0.4 is 26.4 Å². The van der Waals surface area contributed by atoms with Crippen molar-refractivity contribution in [3.05, 3.63) is 95.6 Å².